The quantitative estimate of drug-likeness (QED) is 0.775. The summed E-state index contributed by atoms with van der Waals surface area (Å²) in [5.41, 5.74) is -0.618. The van der Waals surface area contributed by atoms with Crippen molar-refractivity contribution in [1.29, 1.82) is 0 Å². The smallest absolute Gasteiger partial charge is 0.296 e. The maximum absolute atomic E-state index is 13.5. The van der Waals surface area contributed by atoms with Crippen molar-refractivity contribution in [2.75, 3.05) is 0 Å². The fourth-order valence-corrected chi connectivity index (χ4v) is 1.48. The molecule has 0 saturated heterocycles. The van der Waals surface area contributed by atoms with Crippen LogP contribution in [0.2, 0.25) is 0 Å². The second-order valence-corrected chi connectivity index (χ2v) is 3.36. The van der Waals surface area contributed by atoms with Crippen LogP contribution >= 0.6 is 0 Å². The van der Waals surface area contributed by atoms with Crippen molar-refractivity contribution in [3.8, 4) is 11.3 Å². The van der Waals surface area contributed by atoms with Gasteiger partial charge in [-0.25, -0.2) is 9.18 Å². The molecule has 5 heteroatoms. The van der Waals surface area contributed by atoms with E-state index < -0.39 is 17.1 Å². The van der Waals surface area contributed by atoms with Crippen LogP contribution in [0.5, 0.6) is 0 Å². The summed E-state index contributed by atoms with van der Waals surface area (Å²) < 4.78 is 14.7. The number of H-pyrrole nitrogens is 1. The predicted molar refractivity (Wildman–Crippen MR) is 57.7 cm³/mol. The Hall–Kier alpha value is -2.17. The van der Waals surface area contributed by atoms with E-state index in [-0.39, 0.29) is 11.3 Å². The molecule has 0 saturated carbocycles. The SMILES string of the molecule is Cn1c(-c2ccccc2F)cc(=O)[nH]c1=O. The molecule has 0 spiro atoms. The summed E-state index contributed by atoms with van der Waals surface area (Å²) in [6.45, 7) is 0. The fraction of sp³-hybridized carbons (Fsp3) is 0.0909. The molecule has 0 aliphatic carbocycles. The van der Waals surface area contributed by atoms with E-state index in [0.717, 1.165) is 0 Å². The van der Waals surface area contributed by atoms with E-state index in [9.17, 15) is 14.0 Å². The van der Waals surface area contributed by atoms with Gasteiger partial charge < -0.3 is 0 Å². The summed E-state index contributed by atoms with van der Waals surface area (Å²) in [4.78, 5) is 24.6. The van der Waals surface area contributed by atoms with Crippen LogP contribution < -0.4 is 11.2 Å². The number of nitrogens with one attached hydrogen (secondary N) is 1. The molecule has 0 fully saturated rings. The zero-order chi connectivity index (χ0) is 11.7. The van der Waals surface area contributed by atoms with Crippen molar-refractivity contribution in [2.24, 2.45) is 7.05 Å². The molecule has 2 aromatic rings. The van der Waals surface area contributed by atoms with E-state index in [0.29, 0.717) is 0 Å². The minimum atomic E-state index is -0.564. The van der Waals surface area contributed by atoms with E-state index >= 15 is 0 Å². The first-order valence-corrected chi connectivity index (χ1v) is 4.65. The Morgan fingerprint density at radius 2 is 1.94 bits per heavy atom. The summed E-state index contributed by atoms with van der Waals surface area (Å²) in [6, 6.07) is 7.18. The van der Waals surface area contributed by atoms with Crippen LogP contribution in [0, 0.1) is 5.82 Å². The molecule has 82 valence electrons. The van der Waals surface area contributed by atoms with Crippen molar-refractivity contribution < 1.29 is 4.39 Å². The third-order valence-corrected chi connectivity index (χ3v) is 2.31. The van der Waals surface area contributed by atoms with Gasteiger partial charge in [0.2, 0.25) is 0 Å². The van der Waals surface area contributed by atoms with Gasteiger partial charge in [-0.3, -0.25) is 14.3 Å². The number of benzene rings is 1. The fourth-order valence-electron chi connectivity index (χ4n) is 1.48. The lowest BCUT2D eigenvalue weighted by atomic mass is 10.1. The van der Waals surface area contributed by atoms with Gasteiger partial charge in [0.1, 0.15) is 5.82 Å². The summed E-state index contributed by atoms with van der Waals surface area (Å²) in [5.74, 6) is -0.469. The van der Waals surface area contributed by atoms with Crippen LogP contribution in [0.4, 0.5) is 4.39 Å². The molecule has 1 heterocycles. The minimum absolute atomic E-state index is 0.230. The van der Waals surface area contributed by atoms with Crippen LogP contribution in [0.25, 0.3) is 11.3 Å². The van der Waals surface area contributed by atoms with Crippen LogP contribution in [0.1, 0.15) is 0 Å². The molecule has 0 aliphatic heterocycles. The Bertz CT molecular complexity index is 643. The van der Waals surface area contributed by atoms with Crippen molar-refractivity contribution in [2.45, 2.75) is 0 Å². The molecule has 1 aromatic heterocycles. The lowest BCUT2D eigenvalue weighted by Crippen LogP contribution is -2.28. The highest BCUT2D eigenvalue weighted by atomic mass is 19.1. The van der Waals surface area contributed by atoms with E-state index in [1.54, 1.807) is 12.1 Å². The van der Waals surface area contributed by atoms with Crippen molar-refractivity contribution >= 4 is 0 Å². The Morgan fingerprint density at radius 1 is 1.25 bits per heavy atom. The molecule has 0 aliphatic rings. The molecule has 1 aromatic carbocycles. The Balaban J connectivity index is 2.80. The van der Waals surface area contributed by atoms with Gasteiger partial charge >= 0.3 is 5.69 Å². The molecular formula is C11H9FN2O2. The average Bonchev–Trinajstić information content (AvgIpc) is 2.24. The van der Waals surface area contributed by atoms with Crippen LogP contribution in [0.15, 0.2) is 39.9 Å². The third kappa shape index (κ3) is 1.67. The number of hydrogen-bond acceptors (Lipinski definition) is 2. The first-order valence-electron chi connectivity index (χ1n) is 4.65. The number of hydrogen-bond donors (Lipinski definition) is 1. The number of aromatic nitrogens is 2. The van der Waals surface area contributed by atoms with Gasteiger partial charge in [-0.2, -0.15) is 0 Å². The predicted octanol–water partition coefficient (Wildman–Crippen LogP) is 0.880. The Kier molecular flexibility index (Phi) is 2.44. The number of rotatable bonds is 1. The van der Waals surface area contributed by atoms with Gasteiger partial charge in [-0.15, -0.1) is 0 Å². The standard InChI is InChI=1S/C11H9FN2O2/c1-14-9(6-10(15)13-11(14)16)7-4-2-3-5-8(7)12/h2-6H,1H3,(H,13,15,16). The van der Waals surface area contributed by atoms with Gasteiger partial charge in [0.15, 0.2) is 0 Å². The van der Waals surface area contributed by atoms with Gasteiger partial charge in [0.05, 0.1) is 5.69 Å². The lowest BCUT2D eigenvalue weighted by molar-refractivity contribution is 0.628. The number of aromatic amines is 1. The van der Waals surface area contributed by atoms with Gasteiger partial charge in [-0.05, 0) is 12.1 Å². The van der Waals surface area contributed by atoms with E-state index in [1.807, 2.05) is 0 Å². The molecule has 4 nitrogen and oxygen atoms in total. The number of halogens is 1. The Labute approximate surface area is 90.0 Å². The highest BCUT2D eigenvalue weighted by Crippen LogP contribution is 2.18. The van der Waals surface area contributed by atoms with E-state index in [4.69, 9.17) is 0 Å². The lowest BCUT2D eigenvalue weighted by Gasteiger charge is -2.07. The normalized spacial score (nSPS) is 10.4. The largest absolute Gasteiger partial charge is 0.328 e. The summed E-state index contributed by atoms with van der Waals surface area (Å²) in [5, 5.41) is 0. The third-order valence-electron chi connectivity index (χ3n) is 2.31. The Morgan fingerprint density at radius 3 is 2.62 bits per heavy atom. The van der Waals surface area contributed by atoms with Gasteiger partial charge in [-0.1, -0.05) is 12.1 Å². The maximum Gasteiger partial charge on any atom is 0.328 e. The zero-order valence-corrected chi connectivity index (χ0v) is 8.53. The van der Waals surface area contributed by atoms with E-state index in [2.05, 4.69) is 4.98 Å². The average molecular weight is 220 g/mol. The summed E-state index contributed by atoms with van der Waals surface area (Å²) in [7, 11) is 1.47. The molecule has 0 radical (unpaired) electrons. The summed E-state index contributed by atoms with van der Waals surface area (Å²) in [6.07, 6.45) is 0. The highest BCUT2D eigenvalue weighted by Gasteiger charge is 2.08. The second-order valence-electron chi connectivity index (χ2n) is 3.36. The summed E-state index contributed by atoms with van der Waals surface area (Å²) >= 11 is 0. The minimum Gasteiger partial charge on any atom is -0.296 e. The molecule has 2 rings (SSSR count). The van der Waals surface area contributed by atoms with Gasteiger partial charge in [0, 0.05) is 18.7 Å². The topological polar surface area (TPSA) is 54.9 Å². The molecule has 0 amide bonds. The first kappa shape index (κ1) is 10.4. The first-order chi connectivity index (χ1) is 7.59. The maximum atomic E-state index is 13.5. The van der Waals surface area contributed by atoms with Crippen molar-refractivity contribution in [3.63, 3.8) is 0 Å². The molecular weight excluding hydrogens is 211 g/mol. The van der Waals surface area contributed by atoms with Crippen LogP contribution in [-0.2, 0) is 7.05 Å². The zero-order valence-electron chi connectivity index (χ0n) is 8.53. The molecule has 16 heavy (non-hydrogen) atoms. The van der Waals surface area contributed by atoms with Crippen molar-refractivity contribution in [3.05, 3.63) is 57.0 Å². The number of nitrogens with zero attached hydrogens (tertiary/aromatic N) is 1. The van der Waals surface area contributed by atoms with Crippen LogP contribution in [-0.4, -0.2) is 9.55 Å². The van der Waals surface area contributed by atoms with Crippen molar-refractivity contribution in [1.82, 2.24) is 9.55 Å². The van der Waals surface area contributed by atoms with E-state index in [1.165, 1.54) is 29.8 Å². The monoisotopic (exact) mass is 220 g/mol. The molecule has 1 N–H and O–H groups in total. The van der Waals surface area contributed by atoms with Gasteiger partial charge in [0.25, 0.3) is 5.56 Å². The molecule has 0 bridgehead atoms. The molecule has 0 unspecified atom stereocenters. The van der Waals surface area contributed by atoms with Crippen LogP contribution in [0.3, 0.4) is 0 Å². The molecule has 0 atom stereocenters. The second kappa shape index (κ2) is 3.77. The highest BCUT2D eigenvalue weighted by molar-refractivity contribution is 5.59.